The van der Waals surface area contributed by atoms with Crippen molar-refractivity contribution in [1.29, 1.82) is 0 Å². The van der Waals surface area contributed by atoms with Crippen molar-refractivity contribution >= 4 is 15.7 Å². The highest BCUT2D eigenvalue weighted by atomic mass is 32.2. The lowest BCUT2D eigenvalue weighted by Crippen LogP contribution is -2.35. The first-order chi connectivity index (χ1) is 11.4. The van der Waals surface area contributed by atoms with Crippen LogP contribution in [0, 0.1) is 6.92 Å². The molecule has 7 nitrogen and oxygen atoms in total. The zero-order valence-electron chi connectivity index (χ0n) is 13.4. The number of aryl methyl sites for hydroxylation is 2. The number of nitrogens with one attached hydrogen (secondary N) is 1. The maximum absolute atomic E-state index is 11.9. The molecule has 8 heteroatoms. The summed E-state index contributed by atoms with van der Waals surface area (Å²) in [6.45, 7) is 2.00. The molecule has 1 amide bonds. The van der Waals surface area contributed by atoms with Gasteiger partial charge in [-0.25, -0.2) is 8.42 Å². The molecule has 1 aromatic heterocycles. The van der Waals surface area contributed by atoms with Crippen LogP contribution in [-0.4, -0.2) is 42.0 Å². The van der Waals surface area contributed by atoms with E-state index < -0.39 is 9.84 Å². The number of benzene rings is 1. The molecule has 2 heterocycles. The second kappa shape index (κ2) is 6.72. The fourth-order valence-electron chi connectivity index (χ4n) is 2.61. The van der Waals surface area contributed by atoms with Gasteiger partial charge in [0.2, 0.25) is 17.6 Å². The molecule has 1 N–H and O–H groups in total. The van der Waals surface area contributed by atoms with E-state index in [4.69, 9.17) is 4.52 Å². The SMILES string of the molecule is Cc1ccc(-c2noc(CCC(=O)N[C@@H]3CCS(=O)(=O)C3)n2)cc1. The van der Waals surface area contributed by atoms with Crippen LogP contribution in [-0.2, 0) is 21.1 Å². The molecule has 1 saturated heterocycles. The van der Waals surface area contributed by atoms with Gasteiger partial charge in [0, 0.05) is 24.4 Å². The fourth-order valence-corrected chi connectivity index (χ4v) is 4.28. The van der Waals surface area contributed by atoms with E-state index in [0.717, 1.165) is 11.1 Å². The topological polar surface area (TPSA) is 102 Å². The van der Waals surface area contributed by atoms with Crippen LogP contribution in [0.1, 0.15) is 24.3 Å². The Bertz CT molecular complexity index is 827. The lowest BCUT2D eigenvalue weighted by molar-refractivity contribution is -0.121. The quantitative estimate of drug-likeness (QED) is 0.872. The Kier molecular flexibility index (Phi) is 4.66. The minimum absolute atomic E-state index is 0.0247. The summed E-state index contributed by atoms with van der Waals surface area (Å²) < 4.78 is 27.9. The average Bonchev–Trinajstić information content (AvgIpc) is 3.12. The van der Waals surface area contributed by atoms with Gasteiger partial charge in [-0.2, -0.15) is 4.98 Å². The Hall–Kier alpha value is -2.22. The molecular formula is C16H19N3O4S. The molecule has 0 bridgehead atoms. The Balaban J connectivity index is 1.52. The van der Waals surface area contributed by atoms with Crippen LogP contribution < -0.4 is 5.32 Å². The molecule has 0 spiro atoms. The number of nitrogens with zero attached hydrogens (tertiary/aromatic N) is 2. The Labute approximate surface area is 140 Å². The maximum Gasteiger partial charge on any atom is 0.227 e. The molecule has 0 unspecified atom stereocenters. The number of hydrogen-bond donors (Lipinski definition) is 1. The summed E-state index contributed by atoms with van der Waals surface area (Å²) in [4.78, 5) is 16.2. The van der Waals surface area contributed by atoms with Crippen molar-refractivity contribution in [3.05, 3.63) is 35.7 Å². The van der Waals surface area contributed by atoms with E-state index in [1.165, 1.54) is 0 Å². The monoisotopic (exact) mass is 349 g/mol. The molecule has 0 aliphatic carbocycles. The molecule has 0 saturated carbocycles. The third kappa shape index (κ3) is 4.19. The first-order valence-corrected chi connectivity index (χ1v) is 9.63. The number of amides is 1. The van der Waals surface area contributed by atoms with Crippen LogP contribution in [0.4, 0.5) is 0 Å². The van der Waals surface area contributed by atoms with E-state index >= 15 is 0 Å². The summed E-state index contributed by atoms with van der Waals surface area (Å²) in [6.07, 6.45) is 0.989. The van der Waals surface area contributed by atoms with Crippen LogP contribution in [0.5, 0.6) is 0 Å². The summed E-state index contributed by atoms with van der Waals surface area (Å²) in [5.41, 5.74) is 2.00. The molecule has 24 heavy (non-hydrogen) atoms. The maximum atomic E-state index is 11.9. The van der Waals surface area contributed by atoms with E-state index in [1.807, 2.05) is 31.2 Å². The van der Waals surface area contributed by atoms with Gasteiger partial charge in [0.15, 0.2) is 9.84 Å². The molecule has 1 fully saturated rings. The number of sulfone groups is 1. The minimum atomic E-state index is -2.99. The van der Waals surface area contributed by atoms with E-state index in [1.54, 1.807) is 0 Å². The highest BCUT2D eigenvalue weighted by Gasteiger charge is 2.28. The fraction of sp³-hybridized carbons (Fsp3) is 0.438. The summed E-state index contributed by atoms with van der Waals surface area (Å²) in [7, 11) is -2.99. The number of carbonyl (C=O) groups excluding carboxylic acids is 1. The van der Waals surface area contributed by atoms with Gasteiger partial charge >= 0.3 is 0 Å². The second-order valence-corrected chi connectivity index (χ2v) is 8.27. The number of aromatic nitrogens is 2. The van der Waals surface area contributed by atoms with Crippen molar-refractivity contribution in [3.63, 3.8) is 0 Å². The van der Waals surface area contributed by atoms with Gasteiger partial charge < -0.3 is 9.84 Å². The van der Waals surface area contributed by atoms with Crippen LogP contribution in [0.15, 0.2) is 28.8 Å². The average molecular weight is 349 g/mol. The predicted molar refractivity (Wildman–Crippen MR) is 88.0 cm³/mol. The second-order valence-electron chi connectivity index (χ2n) is 6.05. The largest absolute Gasteiger partial charge is 0.352 e. The lowest BCUT2D eigenvalue weighted by atomic mass is 10.1. The third-order valence-corrected chi connectivity index (χ3v) is 5.71. The van der Waals surface area contributed by atoms with E-state index in [-0.39, 0.29) is 29.9 Å². The van der Waals surface area contributed by atoms with Gasteiger partial charge in [0.05, 0.1) is 11.5 Å². The van der Waals surface area contributed by atoms with Gasteiger partial charge in [-0.3, -0.25) is 4.79 Å². The zero-order valence-corrected chi connectivity index (χ0v) is 14.2. The Morgan fingerprint density at radius 3 is 2.75 bits per heavy atom. The molecule has 1 aliphatic rings. The number of carbonyl (C=O) groups is 1. The molecule has 1 aliphatic heterocycles. The molecule has 1 aromatic carbocycles. The van der Waals surface area contributed by atoms with E-state index in [9.17, 15) is 13.2 Å². The summed E-state index contributed by atoms with van der Waals surface area (Å²) in [6, 6.07) is 7.48. The van der Waals surface area contributed by atoms with E-state index in [2.05, 4.69) is 15.5 Å². The van der Waals surface area contributed by atoms with Crippen molar-refractivity contribution in [1.82, 2.24) is 15.5 Å². The number of rotatable bonds is 5. The summed E-state index contributed by atoms with van der Waals surface area (Å²) in [5, 5.41) is 6.66. The molecule has 1 atom stereocenters. The standard InChI is InChI=1S/C16H19N3O4S/c1-11-2-4-12(5-3-11)16-18-15(23-19-16)7-6-14(20)17-13-8-9-24(21,22)10-13/h2-5,13H,6-10H2,1H3,(H,17,20)/t13-/m1/s1. The van der Waals surface area contributed by atoms with Crippen LogP contribution >= 0.6 is 0 Å². The third-order valence-electron chi connectivity index (χ3n) is 3.94. The minimum Gasteiger partial charge on any atom is -0.352 e. The summed E-state index contributed by atoms with van der Waals surface area (Å²) in [5.74, 6) is 0.845. The first-order valence-electron chi connectivity index (χ1n) is 7.81. The van der Waals surface area contributed by atoms with Crippen LogP contribution in [0.3, 0.4) is 0 Å². The summed E-state index contributed by atoms with van der Waals surface area (Å²) >= 11 is 0. The number of hydrogen-bond acceptors (Lipinski definition) is 6. The Morgan fingerprint density at radius 1 is 1.33 bits per heavy atom. The van der Waals surface area contributed by atoms with Crippen LogP contribution in [0.25, 0.3) is 11.4 Å². The van der Waals surface area contributed by atoms with Crippen molar-refractivity contribution in [2.45, 2.75) is 32.2 Å². The Morgan fingerprint density at radius 2 is 2.08 bits per heavy atom. The van der Waals surface area contributed by atoms with Gasteiger partial charge in [0.25, 0.3) is 0 Å². The van der Waals surface area contributed by atoms with Crippen molar-refractivity contribution in [3.8, 4) is 11.4 Å². The predicted octanol–water partition coefficient (Wildman–Crippen LogP) is 1.28. The lowest BCUT2D eigenvalue weighted by Gasteiger charge is -2.09. The highest BCUT2D eigenvalue weighted by Crippen LogP contribution is 2.17. The molecule has 3 rings (SSSR count). The molecular weight excluding hydrogens is 330 g/mol. The molecule has 128 valence electrons. The van der Waals surface area contributed by atoms with Gasteiger partial charge in [0.1, 0.15) is 0 Å². The van der Waals surface area contributed by atoms with Gasteiger partial charge in [-0.05, 0) is 13.3 Å². The van der Waals surface area contributed by atoms with E-state index in [0.29, 0.717) is 24.6 Å². The highest BCUT2D eigenvalue weighted by molar-refractivity contribution is 7.91. The normalized spacial score (nSPS) is 19.3. The zero-order chi connectivity index (χ0) is 17.2. The van der Waals surface area contributed by atoms with Crippen molar-refractivity contribution < 1.29 is 17.7 Å². The van der Waals surface area contributed by atoms with Gasteiger partial charge in [-0.1, -0.05) is 35.0 Å². The smallest absolute Gasteiger partial charge is 0.227 e. The van der Waals surface area contributed by atoms with Crippen molar-refractivity contribution in [2.24, 2.45) is 0 Å². The molecule has 0 radical (unpaired) electrons. The van der Waals surface area contributed by atoms with Gasteiger partial charge in [-0.15, -0.1) is 0 Å². The first kappa shape index (κ1) is 16.6. The van der Waals surface area contributed by atoms with Crippen molar-refractivity contribution in [2.75, 3.05) is 11.5 Å². The molecule has 2 aromatic rings. The van der Waals surface area contributed by atoms with Crippen LogP contribution in [0.2, 0.25) is 0 Å².